The molecule has 0 heterocycles. The number of ether oxygens (including phenoxy) is 1. The van der Waals surface area contributed by atoms with Crippen LogP contribution in [0.3, 0.4) is 0 Å². The molecule has 2 rings (SSSR count). The van der Waals surface area contributed by atoms with Crippen molar-refractivity contribution in [3.05, 3.63) is 64.2 Å². The average Bonchev–Trinajstić information content (AvgIpc) is 2.73. The third-order valence-corrected chi connectivity index (χ3v) is 5.85. The van der Waals surface area contributed by atoms with Gasteiger partial charge in [0.15, 0.2) is 6.10 Å². The molecule has 0 radical (unpaired) electrons. The minimum Gasteiger partial charge on any atom is -0.449 e. The first kappa shape index (κ1) is 25.8. The van der Waals surface area contributed by atoms with E-state index in [0.29, 0.717) is 0 Å². The molecule has 0 N–H and O–H groups in total. The van der Waals surface area contributed by atoms with Crippen molar-refractivity contribution in [1.82, 2.24) is 4.90 Å². The summed E-state index contributed by atoms with van der Waals surface area (Å²) in [7, 11) is -4.33. The Kier molecular flexibility index (Phi) is 8.15. The Bertz CT molecular complexity index is 1120. The van der Waals surface area contributed by atoms with E-state index >= 15 is 0 Å². The first-order valence-electron chi connectivity index (χ1n) is 10.2. The Hall–Kier alpha value is -3.47. The number of nitro groups is 1. The Labute approximate surface area is 192 Å². The number of nitrogens with zero attached hydrogens (tertiary/aromatic N) is 2. The summed E-state index contributed by atoms with van der Waals surface area (Å²) in [5.74, 6) is -1.18. The van der Waals surface area contributed by atoms with Gasteiger partial charge < -0.3 is 13.8 Å². The maximum absolute atomic E-state index is 12.6. The topological polar surface area (TPSA) is 133 Å². The van der Waals surface area contributed by atoms with Crippen molar-refractivity contribution in [3.8, 4) is 5.75 Å². The van der Waals surface area contributed by atoms with E-state index in [0.717, 1.165) is 12.1 Å². The normalized spacial score (nSPS) is 12.3. The summed E-state index contributed by atoms with van der Waals surface area (Å²) < 4.78 is 35.1. The molecule has 33 heavy (non-hydrogen) atoms. The fourth-order valence-corrected chi connectivity index (χ4v) is 4.14. The van der Waals surface area contributed by atoms with E-state index in [1.165, 1.54) is 43.3 Å². The molecule has 0 aliphatic heterocycles. The maximum atomic E-state index is 12.6. The van der Waals surface area contributed by atoms with Gasteiger partial charge in [-0.3, -0.25) is 14.9 Å². The zero-order valence-corrected chi connectivity index (χ0v) is 19.7. The lowest BCUT2D eigenvalue weighted by Gasteiger charge is -2.32. The molecule has 0 unspecified atom stereocenters. The monoisotopic (exact) mass is 478 g/mol. The molecule has 0 aliphatic rings. The molecule has 178 valence electrons. The maximum Gasteiger partial charge on any atom is 0.339 e. The number of benzene rings is 2. The standard InChI is InChI=1S/C22H26N2O8S/c1-14(2)23(15(3)4)21(25)16(5)31-22(26)17-9-11-19(12-10-17)32-33(29,30)20-8-6-7-18(13-20)24(27)28/h6-16H,1-5H3/t16-/m0/s1. The Morgan fingerprint density at radius 2 is 1.55 bits per heavy atom. The van der Waals surface area contributed by atoms with Crippen LogP contribution in [0.2, 0.25) is 0 Å². The number of carbonyl (C=O) groups is 2. The third-order valence-electron chi connectivity index (χ3n) is 4.61. The van der Waals surface area contributed by atoms with E-state index in [1.807, 2.05) is 27.7 Å². The van der Waals surface area contributed by atoms with Crippen LogP contribution in [0.5, 0.6) is 5.75 Å². The summed E-state index contributed by atoms with van der Waals surface area (Å²) in [6.07, 6.45) is -1.01. The zero-order valence-electron chi connectivity index (χ0n) is 18.9. The number of hydrogen-bond acceptors (Lipinski definition) is 8. The number of non-ortho nitro benzene ring substituents is 1. The van der Waals surface area contributed by atoms with Crippen LogP contribution in [0, 0.1) is 10.1 Å². The molecule has 2 aromatic rings. The van der Waals surface area contributed by atoms with E-state index in [-0.39, 0.29) is 34.2 Å². The van der Waals surface area contributed by atoms with Gasteiger partial charge in [-0.05, 0) is 65.0 Å². The molecule has 0 bridgehead atoms. The predicted molar refractivity (Wildman–Crippen MR) is 119 cm³/mol. The van der Waals surface area contributed by atoms with Crippen molar-refractivity contribution < 1.29 is 31.9 Å². The highest BCUT2D eigenvalue weighted by molar-refractivity contribution is 7.87. The van der Waals surface area contributed by atoms with Crippen LogP contribution in [0.25, 0.3) is 0 Å². The molecule has 0 aromatic heterocycles. The Morgan fingerprint density at radius 1 is 0.970 bits per heavy atom. The van der Waals surface area contributed by atoms with Crippen LogP contribution >= 0.6 is 0 Å². The summed E-state index contributed by atoms with van der Waals surface area (Å²) in [5, 5.41) is 10.9. The molecule has 0 fully saturated rings. The van der Waals surface area contributed by atoms with Gasteiger partial charge in [-0.2, -0.15) is 8.42 Å². The van der Waals surface area contributed by atoms with E-state index in [2.05, 4.69) is 0 Å². The van der Waals surface area contributed by atoms with Crippen molar-refractivity contribution in [3.63, 3.8) is 0 Å². The Balaban J connectivity index is 2.10. The van der Waals surface area contributed by atoms with Gasteiger partial charge in [0.1, 0.15) is 10.6 Å². The van der Waals surface area contributed by atoms with E-state index in [4.69, 9.17) is 8.92 Å². The number of hydrogen-bond donors (Lipinski definition) is 0. The predicted octanol–water partition coefficient (Wildman–Crippen LogP) is 3.55. The van der Waals surface area contributed by atoms with Gasteiger partial charge >= 0.3 is 16.1 Å². The lowest BCUT2D eigenvalue weighted by molar-refractivity contribution is -0.385. The van der Waals surface area contributed by atoms with E-state index in [9.17, 15) is 28.1 Å². The van der Waals surface area contributed by atoms with Crippen LogP contribution in [0.4, 0.5) is 5.69 Å². The van der Waals surface area contributed by atoms with Crippen molar-refractivity contribution in [2.75, 3.05) is 0 Å². The second kappa shape index (κ2) is 10.4. The summed E-state index contributed by atoms with van der Waals surface area (Å²) in [4.78, 5) is 36.4. The second-order valence-corrected chi connectivity index (χ2v) is 9.34. The molecule has 1 atom stereocenters. The largest absolute Gasteiger partial charge is 0.449 e. The molecule has 1 amide bonds. The number of carbonyl (C=O) groups excluding carboxylic acids is 2. The van der Waals surface area contributed by atoms with Crippen molar-refractivity contribution in [2.24, 2.45) is 0 Å². The molecular weight excluding hydrogens is 452 g/mol. The van der Waals surface area contributed by atoms with Crippen LogP contribution in [0.1, 0.15) is 45.0 Å². The van der Waals surface area contributed by atoms with Crippen LogP contribution in [-0.2, 0) is 19.6 Å². The van der Waals surface area contributed by atoms with E-state index in [1.54, 1.807) is 4.90 Å². The summed E-state index contributed by atoms with van der Waals surface area (Å²) in [6, 6.07) is 9.38. The highest BCUT2D eigenvalue weighted by Gasteiger charge is 2.28. The molecular formula is C22H26N2O8S. The zero-order chi connectivity index (χ0) is 24.9. The van der Waals surface area contributed by atoms with Gasteiger partial charge in [0.2, 0.25) is 0 Å². The Morgan fingerprint density at radius 3 is 2.06 bits per heavy atom. The lowest BCUT2D eigenvalue weighted by atomic mass is 10.2. The summed E-state index contributed by atoms with van der Waals surface area (Å²) >= 11 is 0. The summed E-state index contributed by atoms with van der Waals surface area (Å²) in [5.41, 5.74) is -0.301. The number of nitro benzene ring substituents is 1. The highest BCUT2D eigenvalue weighted by atomic mass is 32.2. The third kappa shape index (κ3) is 6.51. The SMILES string of the molecule is CC(C)N(C(=O)[C@H](C)OC(=O)c1ccc(OS(=O)(=O)c2cccc([N+](=O)[O-])c2)cc1)C(C)C. The number of rotatable bonds is 9. The summed E-state index contributed by atoms with van der Waals surface area (Å²) in [6.45, 7) is 8.96. The molecule has 10 nitrogen and oxygen atoms in total. The highest BCUT2D eigenvalue weighted by Crippen LogP contribution is 2.23. The van der Waals surface area contributed by atoms with Gasteiger partial charge in [-0.25, -0.2) is 4.79 Å². The minimum absolute atomic E-state index is 0.0666. The second-order valence-electron chi connectivity index (χ2n) is 7.80. The lowest BCUT2D eigenvalue weighted by Crippen LogP contribution is -2.47. The van der Waals surface area contributed by atoms with Gasteiger partial charge in [0.05, 0.1) is 10.5 Å². The molecule has 0 saturated heterocycles. The number of amides is 1. The van der Waals surface area contributed by atoms with Crippen LogP contribution < -0.4 is 4.18 Å². The van der Waals surface area contributed by atoms with Gasteiger partial charge in [-0.1, -0.05) is 6.07 Å². The van der Waals surface area contributed by atoms with Gasteiger partial charge in [-0.15, -0.1) is 0 Å². The van der Waals surface area contributed by atoms with Gasteiger partial charge in [0.25, 0.3) is 11.6 Å². The first-order chi connectivity index (χ1) is 15.3. The molecule has 2 aromatic carbocycles. The fraction of sp³-hybridized carbons (Fsp3) is 0.364. The van der Waals surface area contributed by atoms with Gasteiger partial charge in [0, 0.05) is 24.2 Å². The van der Waals surface area contributed by atoms with Crippen molar-refractivity contribution in [2.45, 2.75) is 57.7 Å². The van der Waals surface area contributed by atoms with Crippen molar-refractivity contribution >= 4 is 27.7 Å². The number of esters is 1. The smallest absolute Gasteiger partial charge is 0.339 e. The molecule has 11 heteroatoms. The van der Waals surface area contributed by atoms with Crippen LogP contribution in [0.15, 0.2) is 53.4 Å². The first-order valence-corrected chi connectivity index (χ1v) is 11.6. The minimum atomic E-state index is -4.33. The van der Waals surface area contributed by atoms with Crippen molar-refractivity contribution in [1.29, 1.82) is 0 Å². The van der Waals surface area contributed by atoms with Crippen LogP contribution in [-0.4, -0.2) is 48.3 Å². The fourth-order valence-electron chi connectivity index (χ4n) is 3.17. The average molecular weight is 479 g/mol. The molecule has 0 aliphatic carbocycles. The molecule has 0 saturated carbocycles. The quantitative estimate of drug-likeness (QED) is 0.231. The molecule has 0 spiro atoms. The van der Waals surface area contributed by atoms with E-state index < -0.39 is 32.8 Å².